The number of unbranched alkanes of at least 4 members (excludes halogenated alkanes) is 1. The number of halogens is 1. The Kier molecular flexibility index (Phi) is 5.76. The summed E-state index contributed by atoms with van der Waals surface area (Å²) in [7, 11) is 0. The molecule has 3 aromatic rings. The van der Waals surface area contributed by atoms with E-state index in [0.717, 1.165) is 48.3 Å². The van der Waals surface area contributed by atoms with Gasteiger partial charge in [0.25, 0.3) is 0 Å². The Hall–Kier alpha value is -2.21. The molecule has 0 aliphatic carbocycles. The van der Waals surface area contributed by atoms with Gasteiger partial charge in [-0.25, -0.2) is 0 Å². The fourth-order valence-corrected chi connectivity index (χ4v) is 3.94. The number of benzene rings is 1. The van der Waals surface area contributed by atoms with E-state index in [-0.39, 0.29) is 6.04 Å². The van der Waals surface area contributed by atoms with E-state index in [1.165, 1.54) is 0 Å². The van der Waals surface area contributed by atoms with Crippen molar-refractivity contribution in [3.63, 3.8) is 0 Å². The predicted octanol–water partition coefficient (Wildman–Crippen LogP) is 4.84. The summed E-state index contributed by atoms with van der Waals surface area (Å²) >= 11 is 6.02. The average molecular weight is 397 g/mol. The Morgan fingerprint density at radius 1 is 1.14 bits per heavy atom. The van der Waals surface area contributed by atoms with E-state index >= 15 is 0 Å². The summed E-state index contributed by atoms with van der Waals surface area (Å²) in [5.41, 5.74) is 3.88. The van der Waals surface area contributed by atoms with Crippen molar-refractivity contribution < 1.29 is 5.11 Å². The molecule has 0 saturated carbocycles. The highest BCUT2D eigenvalue weighted by Crippen LogP contribution is 2.35. The lowest BCUT2D eigenvalue weighted by Crippen LogP contribution is -2.40. The van der Waals surface area contributed by atoms with Gasteiger partial charge in [0, 0.05) is 36.1 Å². The van der Waals surface area contributed by atoms with Crippen molar-refractivity contribution in [3.05, 3.63) is 71.1 Å². The van der Waals surface area contributed by atoms with Crippen LogP contribution in [-0.2, 0) is 6.54 Å². The number of hydrogen-bond acceptors (Lipinski definition) is 4. The van der Waals surface area contributed by atoms with Gasteiger partial charge >= 0.3 is 0 Å². The Morgan fingerprint density at radius 2 is 1.89 bits per heavy atom. The zero-order valence-corrected chi connectivity index (χ0v) is 16.8. The largest absolute Gasteiger partial charge is 0.372 e. The molecule has 0 saturated heterocycles. The third kappa shape index (κ3) is 3.97. The molecule has 3 heterocycles. The first-order valence-electron chi connectivity index (χ1n) is 9.82. The second-order valence-corrected chi connectivity index (χ2v) is 7.80. The number of fused-ring (bicyclic) bond motifs is 1. The summed E-state index contributed by atoms with van der Waals surface area (Å²) in [6.07, 6.45) is 6.24. The predicted molar refractivity (Wildman–Crippen MR) is 111 cm³/mol. The summed E-state index contributed by atoms with van der Waals surface area (Å²) in [4.78, 5) is 6.21. The van der Waals surface area contributed by atoms with Crippen molar-refractivity contribution in [3.8, 4) is 11.3 Å². The normalized spacial score (nSPS) is 19.5. The molecule has 2 unspecified atom stereocenters. The number of pyridine rings is 1. The fourth-order valence-electron chi connectivity index (χ4n) is 3.82. The number of hydrogen-bond donors (Lipinski definition) is 1. The van der Waals surface area contributed by atoms with Gasteiger partial charge in [-0.1, -0.05) is 43.5 Å². The van der Waals surface area contributed by atoms with E-state index in [9.17, 15) is 5.11 Å². The molecule has 2 atom stereocenters. The lowest BCUT2D eigenvalue weighted by atomic mass is 10.0. The van der Waals surface area contributed by atoms with Gasteiger partial charge in [0.1, 0.15) is 0 Å². The molecule has 146 valence electrons. The molecule has 2 aromatic heterocycles. The fraction of sp³-hybridized carbons (Fsp3) is 0.364. The molecule has 1 aliphatic heterocycles. The number of rotatable bonds is 6. The second-order valence-electron chi connectivity index (χ2n) is 7.36. The molecule has 0 radical (unpaired) electrons. The van der Waals surface area contributed by atoms with Crippen LogP contribution in [0.15, 0.2) is 54.9 Å². The van der Waals surface area contributed by atoms with E-state index in [4.69, 9.17) is 16.7 Å². The van der Waals surface area contributed by atoms with Crippen LogP contribution in [0.5, 0.6) is 0 Å². The van der Waals surface area contributed by atoms with Crippen LogP contribution >= 0.6 is 11.6 Å². The molecular weight excluding hydrogens is 372 g/mol. The molecule has 0 fully saturated rings. The zero-order chi connectivity index (χ0) is 19.5. The van der Waals surface area contributed by atoms with Crippen molar-refractivity contribution in [2.75, 3.05) is 6.54 Å². The molecule has 28 heavy (non-hydrogen) atoms. The van der Waals surface area contributed by atoms with E-state index in [1.54, 1.807) is 12.4 Å². The number of nitrogens with zero attached hydrogens (tertiary/aromatic N) is 4. The monoisotopic (exact) mass is 396 g/mol. The zero-order valence-electron chi connectivity index (χ0n) is 16.0. The third-order valence-electron chi connectivity index (χ3n) is 5.33. The van der Waals surface area contributed by atoms with Gasteiger partial charge in [0.2, 0.25) is 0 Å². The van der Waals surface area contributed by atoms with Crippen molar-refractivity contribution in [2.24, 2.45) is 0 Å². The Morgan fingerprint density at radius 3 is 2.61 bits per heavy atom. The molecule has 1 aromatic carbocycles. The molecule has 1 N–H and O–H groups in total. The summed E-state index contributed by atoms with van der Waals surface area (Å²) < 4.78 is 2.04. The van der Waals surface area contributed by atoms with Crippen LogP contribution in [0.25, 0.3) is 11.3 Å². The van der Waals surface area contributed by atoms with Crippen LogP contribution in [0.4, 0.5) is 0 Å². The van der Waals surface area contributed by atoms with E-state index in [1.807, 2.05) is 47.1 Å². The third-order valence-corrected chi connectivity index (χ3v) is 5.58. The van der Waals surface area contributed by atoms with Crippen molar-refractivity contribution in [1.82, 2.24) is 19.7 Å². The average Bonchev–Trinajstić information content (AvgIpc) is 3.16. The summed E-state index contributed by atoms with van der Waals surface area (Å²) in [5.74, 6) is 0. The van der Waals surface area contributed by atoms with E-state index in [2.05, 4.69) is 16.8 Å². The van der Waals surface area contributed by atoms with Crippen LogP contribution in [0, 0.1) is 0 Å². The van der Waals surface area contributed by atoms with Gasteiger partial charge in [0.05, 0.1) is 17.4 Å². The minimum Gasteiger partial charge on any atom is -0.372 e. The number of aliphatic hydroxyl groups excluding tert-OH is 1. The van der Waals surface area contributed by atoms with Crippen molar-refractivity contribution >= 4 is 11.6 Å². The highest BCUT2D eigenvalue weighted by atomic mass is 35.5. The Labute approximate surface area is 170 Å². The molecule has 1 aliphatic rings. The molecule has 5 nitrogen and oxygen atoms in total. The van der Waals surface area contributed by atoms with E-state index in [0.29, 0.717) is 11.6 Å². The highest BCUT2D eigenvalue weighted by Gasteiger charge is 2.33. The smallest absolute Gasteiger partial charge is 0.150 e. The first-order chi connectivity index (χ1) is 13.7. The van der Waals surface area contributed by atoms with Crippen LogP contribution < -0.4 is 0 Å². The number of aliphatic hydroxyl groups is 1. The van der Waals surface area contributed by atoms with Gasteiger partial charge in [-0.05, 0) is 42.3 Å². The summed E-state index contributed by atoms with van der Waals surface area (Å²) in [5, 5.41) is 16.6. The van der Waals surface area contributed by atoms with Gasteiger partial charge in [-0.2, -0.15) is 5.10 Å². The quantitative estimate of drug-likeness (QED) is 0.648. The molecule has 4 rings (SSSR count). The van der Waals surface area contributed by atoms with Crippen LogP contribution in [0.2, 0.25) is 5.02 Å². The van der Waals surface area contributed by atoms with E-state index < -0.39 is 6.23 Å². The lowest BCUT2D eigenvalue weighted by Gasteiger charge is -2.37. The van der Waals surface area contributed by atoms with Gasteiger partial charge < -0.3 is 5.11 Å². The van der Waals surface area contributed by atoms with Crippen LogP contribution in [-0.4, -0.2) is 31.3 Å². The minimum absolute atomic E-state index is 0.251. The first-order valence-corrected chi connectivity index (χ1v) is 10.2. The number of aromatic nitrogens is 3. The van der Waals surface area contributed by atoms with Crippen LogP contribution in [0.3, 0.4) is 0 Å². The molecule has 6 heteroatoms. The first kappa shape index (κ1) is 19.1. The lowest BCUT2D eigenvalue weighted by molar-refractivity contribution is -0.0416. The SMILES string of the molecule is CCCCC1CN(Cc2ccncc2)C(O)c2cc(-c3ccc(Cl)cc3)nn21. The molecule has 0 spiro atoms. The molecule has 0 bridgehead atoms. The van der Waals surface area contributed by atoms with Crippen molar-refractivity contribution in [2.45, 2.75) is 45.0 Å². The maximum Gasteiger partial charge on any atom is 0.150 e. The Balaban J connectivity index is 1.66. The highest BCUT2D eigenvalue weighted by molar-refractivity contribution is 6.30. The molecular formula is C22H25ClN4O. The van der Waals surface area contributed by atoms with Crippen molar-refractivity contribution in [1.29, 1.82) is 0 Å². The molecule has 0 amide bonds. The van der Waals surface area contributed by atoms with Gasteiger partial charge in [-0.3, -0.25) is 14.6 Å². The van der Waals surface area contributed by atoms with Gasteiger partial charge in [-0.15, -0.1) is 0 Å². The minimum atomic E-state index is -0.681. The maximum absolute atomic E-state index is 11.1. The van der Waals surface area contributed by atoms with Crippen LogP contribution in [0.1, 0.15) is 49.7 Å². The standard InChI is InChI=1S/C22H25ClN4O/c1-2-3-4-19-15-26(14-16-9-11-24-12-10-16)22(28)21-13-20(25-27(19)21)17-5-7-18(23)8-6-17/h5-13,19,22,28H,2-4,14-15H2,1H3. The Bertz CT molecular complexity index is 910. The topological polar surface area (TPSA) is 54.2 Å². The van der Waals surface area contributed by atoms with Gasteiger partial charge in [0.15, 0.2) is 6.23 Å². The summed E-state index contributed by atoms with van der Waals surface area (Å²) in [6, 6.07) is 13.9. The summed E-state index contributed by atoms with van der Waals surface area (Å²) in [6.45, 7) is 3.67. The maximum atomic E-state index is 11.1. The second kappa shape index (κ2) is 8.43.